The van der Waals surface area contributed by atoms with E-state index in [-0.39, 0.29) is 19.1 Å². The summed E-state index contributed by atoms with van der Waals surface area (Å²) in [6.45, 7) is 7.19. The van der Waals surface area contributed by atoms with Crippen molar-refractivity contribution in [2.75, 3.05) is 18.1 Å². The molecular formula is C18H20N2O4S. The van der Waals surface area contributed by atoms with Crippen LogP contribution in [0.25, 0.3) is 11.3 Å². The molecule has 132 valence electrons. The Morgan fingerprint density at radius 2 is 2.20 bits per heavy atom. The maximum atomic E-state index is 12.5. The molecule has 7 heteroatoms. The van der Waals surface area contributed by atoms with Gasteiger partial charge in [0.05, 0.1) is 23.0 Å². The van der Waals surface area contributed by atoms with Crippen LogP contribution >= 0.6 is 11.3 Å². The predicted octanol–water partition coefficient (Wildman–Crippen LogP) is 3.19. The van der Waals surface area contributed by atoms with E-state index in [2.05, 4.69) is 4.98 Å². The average Bonchev–Trinajstić information content (AvgIpc) is 3.00. The molecule has 1 amide bonds. The number of rotatable bonds is 4. The van der Waals surface area contributed by atoms with E-state index in [4.69, 9.17) is 9.47 Å². The molecule has 0 atom stereocenters. The maximum Gasteiger partial charge on any atom is 0.331 e. The molecule has 6 nitrogen and oxygen atoms in total. The molecule has 0 radical (unpaired) electrons. The molecule has 0 spiro atoms. The van der Waals surface area contributed by atoms with Crippen LogP contribution in [0.3, 0.4) is 0 Å². The van der Waals surface area contributed by atoms with Crippen LogP contribution in [-0.4, -0.2) is 35.6 Å². The molecule has 25 heavy (non-hydrogen) atoms. The van der Waals surface area contributed by atoms with Gasteiger partial charge in [0.2, 0.25) is 0 Å². The minimum Gasteiger partial charge on any atom is -0.482 e. The minimum absolute atomic E-state index is 0.106. The number of aryl methyl sites for hydroxylation is 1. The zero-order valence-corrected chi connectivity index (χ0v) is 15.5. The average molecular weight is 360 g/mol. The number of aromatic nitrogens is 1. The van der Waals surface area contributed by atoms with E-state index in [1.807, 2.05) is 24.4 Å². The van der Waals surface area contributed by atoms with Gasteiger partial charge in [-0.1, -0.05) is 0 Å². The highest BCUT2D eigenvalue weighted by Gasteiger charge is 2.43. The minimum atomic E-state index is -1.14. The number of esters is 1. The Balaban J connectivity index is 2.07. The first kappa shape index (κ1) is 17.4. The lowest BCUT2D eigenvalue weighted by molar-refractivity contribution is -0.150. The van der Waals surface area contributed by atoms with Crippen LogP contribution in [-0.2, 0) is 14.3 Å². The number of fused-ring (bicyclic) bond motifs is 1. The number of carbonyl (C=O) groups is 2. The smallest absolute Gasteiger partial charge is 0.331 e. The van der Waals surface area contributed by atoms with E-state index in [1.165, 1.54) is 4.90 Å². The van der Waals surface area contributed by atoms with Gasteiger partial charge in [0.25, 0.3) is 5.91 Å². The van der Waals surface area contributed by atoms with E-state index in [0.29, 0.717) is 11.4 Å². The van der Waals surface area contributed by atoms with Crippen molar-refractivity contribution in [3.63, 3.8) is 0 Å². The van der Waals surface area contributed by atoms with Gasteiger partial charge >= 0.3 is 5.97 Å². The van der Waals surface area contributed by atoms with Gasteiger partial charge in [0.1, 0.15) is 11.3 Å². The van der Waals surface area contributed by atoms with Crippen LogP contribution in [0, 0.1) is 6.92 Å². The van der Waals surface area contributed by atoms with E-state index in [0.717, 1.165) is 16.3 Å². The van der Waals surface area contributed by atoms with Crippen LogP contribution in [0.5, 0.6) is 5.75 Å². The van der Waals surface area contributed by atoms with E-state index < -0.39 is 11.5 Å². The fourth-order valence-electron chi connectivity index (χ4n) is 2.82. The third-order valence-corrected chi connectivity index (χ3v) is 4.82. The second-order valence-electron chi connectivity index (χ2n) is 6.23. The number of amides is 1. The van der Waals surface area contributed by atoms with Gasteiger partial charge in [-0.15, -0.1) is 11.3 Å². The summed E-state index contributed by atoms with van der Waals surface area (Å²) in [5.74, 6) is -0.170. The summed E-state index contributed by atoms with van der Waals surface area (Å²) in [7, 11) is 0. The number of hydrogen-bond donors (Lipinski definition) is 0. The Hall–Kier alpha value is -2.41. The van der Waals surface area contributed by atoms with Crippen molar-refractivity contribution in [1.82, 2.24) is 4.98 Å². The Bertz CT molecular complexity index is 828. The number of benzene rings is 1. The molecule has 2 aromatic rings. The lowest BCUT2D eigenvalue weighted by Crippen LogP contribution is -2.57. The molecule has 0 N–H and O–H groups in total. The molecule has 1 aromatic carbocycles. The molecule has 2 heterocycles. The summed E-state index contributed by atoms with van der Waals surface area (Å²) in [6, 6.07) is 5.54. The van der Waals surface area contributed by atoms with Crippen molar-refractivity contribution < 1.29 is 19.1 Å². The fourth-order valence-corrected chi connectivity index (χ4v) is 3.44. The molecule has 3 rings (SSSR count). The Labute approximate surface area is 150 Å². The van der Waals surface area contributed by atoms with Gasteiger partial charge in [-0.2, -0.15) is 0 Å². The highest BCUT2D eigenvalue weighted by Crippen LogP contribution is 2.39. The molecule has 0 saturated heterocycles. The monoisotopic (exact) mass is 360 g/mol. The van der Waals surface area contributed by atoms with Crippen molar-refractivity contribution in [3.05, 3.63) is 28.6 Å². The second-order valence-corrected chi connectivity index (χ2v) is 7.29. The summed E-state index contributed by atoms with van der Waals surface area (Å²) in [5, 5.41) is 2.92. The number of carbonyl (C=O) groups excluding carboxylic acids is 2. The molecular weight excluding hydrogens is 340 g/mol. The highest BCUT2D eigenvalue weighted by atomic mass is 32.1. The molecule has 0 aliphatic carbocycles. The summed E-state index contributed by atoms with van der Waals surface area (Å²) < 4.78 is 10.7. The SMILES string of the molecule is CCOC(=O)C(C)(C)N1C(=O)COc2ccc(-c3csc(C)n3)cc21. The van der Waals surface area contributed by atoms with Crippen LogP contribution < -0.4 is 9.64 Å². The molecule has 1 aliphatic heterocycles. The number of ether oxygens (including phenoxy) is 2. The van der Waals surface area contributed by atoms with Gasteiger partial charge in [0, 0.05) is 10.9 Å². The van der Waals surface area contributed by atoms with E-state index in [1.54, 1.807) is 38.2 Å². The number of thiazole rings is 1. The maximum absolute atomic E-state index is 12.5. The predicted molar refractivity (Wildman–Crippen MR) is 96.0 cm³/mol. The fraction of sp³-hybridized carbons (Fsp3) is 0.389. The first-order valence-corrected chi connectivity index (χ1v) is 8.92. The summed E-state index contributed by atoms with van der Waals surface area (Å²) in [5.41, 5.74) is 1.11. The Kier molecular flexibility index (Phi) is 4.51. The topological polar surface area (TPSA) is 68.7 Å². The molecule has 0 unspecified atom stereocenters. The first-order valence-electron chi connectivity index (χ1n) is 8.04. The molecule has 0 saturated carbocycles. The Morgan fingerprint density at radius 3 is 2.84 bits per heavy atom. The van der Waals surface area contributed by atoms with Crippen LogP contribution in [0.15, 0.2) is 23.6 Å². The normalized spacial score (nSPS) is 14.1. The summed E-state index contributed by atoms with van der Waals surface area (Å²) in [4.78, 5) is 30.9. The summed E-state index contributed by atoms with van der Waals surface area (Å²) >= 11 is 1.56. The van der Waals surface area contributed by atoms with Gasteiger partial charge in [-0.3, -0.25) is 9.69 Å². The van der Waals surface area contributed by atoms with Gasteiger partial charge in [-0.25, -0.2) is 9.78 Å². The summed E-state index contributed by atoms with van der Waals surface area (Å²) in [6.07, 6.45) is 0. The number of nitrogens with zero attached hydrogens (tertiary/aromatic N) is 2. The largest absolute Gasteiger partial charge is 0.482 e. The van der Waals surface area contributed by atoms with E-state index >= 15 is 0 Å². The molecule has 0 bridgehead atoms. The Morgan fingerprint density at radius 1 is 1.44 bits per heavy atom. The lowest BCUT2D eigenvalue weighted by atomic mass is 9.99. The van der Waals surface area contributed by atoms with Crippen molar-refractivity contribution in [1.29, 1.82) is 0 Å². The lowest BCUT2D eigenvalue weighted by Gasteiger charge is -2.39. The third kappa shape index (κ3) is 3.11. The first-order chi connectivity index (χ1) is 11.8. The molecule has 0 fully saturated rings. The standard InChI is InChI=1S/C18H20N2O4S/c1-5-23-17(22)18(3,4)20-14-8-12(13-10-25-11(2)19-13)6-7-15(14)24-9-16(20)21/h6-8,10H,5,9H2,1-4H3. The van der Waals surface area contributed by atoms with Crippen LogP contribution in [0.2, 0.25) is 0 Å². The number of anilines is 1. The van der Waals surface area contributed by atoms with Crippen molar-refractivity contribution in [3.8, 4) is 17.0 Å². The number of hydrogen-bond acceptors (Lipinski definition) is 6. The highest BCUT2D eigenvalue weighted by molar-refractivity contribution is 7.09. The van der Waals surface area contributed by atoms with Gasteiger partial charge in [0.15, 0.2) is 6.61 Å². The zero-order valence-electron chi connectivity index (χ0n) is 14.7. The van der Waals surface area contributed by atoms with Crippen LogP contribution in [0.4, 0.5) is 5.69 Å². The van der Waals surface area contributed by atoms with Crippen molar-refractivity contribution >= 4 is 28.9 Å². The van der Waals surface area contributed by atoms with Gasteiger partial charge in [-0.05, 0) is 45.9 Å². The second kappa shape index (κ2) is 6.48. The quantitative estimate of drug-likeness (QED) is 0.783. The van der Waals surface area contributed by atoms with E-state index in [9.17, 15) is 9.59 Å². The van der Waals surface area contributed by atoms with Gasteiger partial charge < -0.3 is 9.47 Å². The molecule has 1 aromatic heterocycles. The molecule has 1 aliphatic rings. The third-order valence-electron chi connectivity index (χ3n) is 4.05. The van der Waals surface area contributed by atoms with Crippen molar-refractivity contribution in [2.45, 2.75) is 33.2 Å². The zero-order chi connectivity index (χ0) is 18.2. The van der Waals surface area contributed by atoms with Crippen molar-refractivity contribution in [2.24, 2.45) is 0 Å². The van der Waals surface area contributed by atoms with Crippen LogP contribution in [0.1, 0.15) is 25.8 Å².